The molecule has 0 aliphatic heterocycles. The van der Waals surface area contributed by atoms with Crippen LogP contribution in [0.4, 0.5) is 0 Å². The quantitative estimate of drug-likeness (QED) is 0.722. The van der Waals surface area contributed by atoms with Gasteiger partial charge in [0.25, 0.3) is 0 Å². The van der Waals surface area contributed by atoms with Crippen LogP contribution in [0.25, 0.3) is 0 Å². The highest BCUT2D eigenvalue weighted by Gasteiger charge is 2.09. The number of sulfone groups is 1. The molecule has 4 nitrogen and oxygen atoms in total. The summed E-state index contributed by atoms with van der Waals surface area (Å²) >= 11 is 0. The molecule has 2 unspecified atom stereocenters. The minimum Gasteiger partial charge on any atom is -0.396 e. The Morgan fingerprint density at radius 1 is 1.20 bits per heavy atom. The van der Waals surface area contributed by atoms with Crippen molar-refractivity contribution in [3.63, 3.8) is 0 Å². The Labute approximate surface area is 122 Å². The van der Waals surface area contributed by atoms with E-state index in [9.17, 15) is 8.42 Å². The lowest BCUT2D eigenvalue weighted by Gasteiger charge is -2.15. The number of benzene rings is 1. The fraction of sp³-hybridized carbons (Fsp3) is 0.600. The summed E-state index contributed by atoms with van der Waals surface area (Å²) in [6, 6.07) is 7.19. The Kier molecular flexibility index (Phi) is 6.65. The van der Waals surface area contributed by atoms with Crippen molar-refractivity contribution >= 4 is 9.84 Å². The maximum absolute atomic E-state index is 11.4. The Hall–Kier alpha value is -0.910. The second-order valence-electron chi connectivity index (χ2n) is 5.45. The lowest BCUT2D eigenvalue weighted by molar-refractivity contribution is 0.227. The Balaban J connectivity index is 2.46. The SMILES string of the molecule is CC(CO)CCCNC(C)c1ccc(S(C)(=O)=O)cc1. The lowest BCUT2D eigenvalue weighted by atomic mass is 10.1. The van der Waals surface area contributed by atoms with Gasteiger partial charge < -0.3 is 10.4 Å². The summed E-state index contributed by atoms with van der Waals surface area (Å²) in [5, 5.41) is 12.3. The maximum atomic E-state index is 11.4. The van der Waals surface area contributed by atoms with Gasteiger partial charge in [-0.3, -0.25) is 0 Å². The maximum Gasteiger partial charge on any atom is 0.175 e. The van der Waals surface area contributed by atoms with Crippen molar-refractivity contribution in [1.82, 2.24) is 5.32 Å². The van der Waals surface area contributed by atoms with Gasteiger partial charge in [-0.2, -0.15) is 0 Å². The molecule has 0 saturated carbocycles. The van der Waals surface area contributed by atoms with E-state index in [4.69, 9.17) is 5.11 Å². The molecule has 20 heavy (non-hydrogen) atoms. The molecule has 0 amide bonds. The van der Waals surface area contributed by atoms with E-state index in [0.717, 1.165) is 24.9 Å². The number of nitrogens with one attached hydrogen (secondary N) is 1. The van der Waals surface area contributed by atoms with Crippen molar-refractivity contribution in [2.75, 3.05) is 19.4 Å². The lowest BCUT2D eigenvalue weighted by Crippen LogP contribution is -2.20. The summed E-state index contributed by atoms with van der Waals surface area (Å²) in [4.78, 5) is 0.352. The summed E-state index contributed by atoms with van der Waals surface area (Å²) in [7, 11) is -3.12. The van der Waals surface area contributed by atoms with Gasteiger partial charge in [0.05, 0.1) is 4.90 Å². The van der Waals surface area contributed by atoms with E-state index >= 15 is 0 Å². The van der Waals surface area contributed by atoms with E-state index < -0.39 is 9.84 Å². The van der Waals surface area contributed by atoms with Crippen molar-refractivity contribution in [3.05, 3.63) is 29.8 Å². The van der Waals surface area contributed by atoms with Crippen LogP contribution >= 0.6 is 0 Å². The highest BCUT2D eigenvalue weighted by atomic mass is 32.2. The van der Waals surface area contributed by atoms with Crippen molar-refractivity contribution < 1.29 is 13.5 Å². The number of hydrogen-bond donors (Lipinski definition) is 2. The molecular weight excluding hydrogens is 274 g/mol. The van der Waals surface area contributed by atoms with Gasteiger partial charge in [-0.25, -0.2) is 8.42 Å². The van der Waals surface area contributed by atoms with Crippen molar-refractivity contribution in [1.29, 1.82) is 0 Å². The monoisotopic (exact) mass is 299 g/mol. The molecule has 2 atom stereocenters. The molecule has 0 fully saturated rings. The van der Waals surface area contributed by atoms with Crippen LogP contribution in [0.3, 0.4) is 0 Å². The molecule has 0 saturated heterocycles. The van der Waals surface area contributed by atoms with Gasteiger partial charge in [-0.1, -0.05) is 19.1 Å². The van der Waals surface area contributed by atoms with Gasteiger partial charge in [0, 0.05) is 18.9 Å². The van der Waals surface area contributed by atoms with Gasteiger partial charge in [0.2, 0.25) is 0 Å². The molecule has 2 N–H and O–H groups in total. The van der Waals surface area contributed by atoms with Crippen molar-refractivity contribution in [2.45, 2.75) is 37.6 Å². The molecule has 1 rings (SSSR count). The number of rotatable bonds is 8. The Morgan fingerprint density at radius 2 is 1.80 bits per heavy atom. The average Bonchev–Trinajstić information content (AvgIpc) is 2.42. The van der Waals surface area contributed by atoms with E-state index in [0.29, 0.717) is 10.8 Å². The van der Waals surface area contributed by atoms with Crippen LogP contribution in [-0.4, -0.2) is 32.9 Å². The second kappa shape index (κ2) is 7.76. The summed E-state index contributed by atoms with van der Waals surface area (Å²) in [6.07, 6.45) is 3.24. The van der Waals surface area contributed by atoms with Crippen LogP contribution in [0.15, 0.2) is 29.2 Å². The molecule has 0 heterocycles. The molecule has 114 valence electrons. The van der Waals surface area contributed by atoms with Crippen LogP contribution in [0, 0.1) is 5.92 Å². The summed E-state index contributed by atoms with van der Waals surface area (Å²) in [6.45, 7) is 5.22. The van der Waals surface area contributed by atoms with Crippen LogP contribution in [0.5, 0.6) is 0 Å². The summed E-state index contributed by atoms with van der Waals surface area (Å²) < 4.78 is 22.8. The molecular formula is C15H25NO3S. The van der Waals surface area contributed by atoms with Gasteiger partial charge in [-0.05, 0) is 49.9 Å². The zero-order chi connectivity index (χ0) is 15.2. The zero-order valence-electron chi connectivity index (χ0n) is 12.5. The number of hydrogen-bond acceptors (Lipinski definition) is 4. The van der Waals surface area contributed by atoms with E-state index in [-0.39, 0.29) is 12.6 Å². The molecule has 1 aromatic carbocycles. The van der Waals surface area contributed by atoms with E-state index in [1.807, 2.05) is 19.1 Å². The fourth-order valence-electron chi connectivity index (χ4n) is 1.98. The highest BCUT2D eigenvalue weighted by molar-refractivity contribution is 7.90. The third-order valence-corrected chi connectivity index (χ3v) is 4.57. The largest absolute Gasteiger partial charge is 0.396 e. The van der Waals surface area contributed by atoms with Gasteiger partial charge >= 0.3 is 0 Å². The van der Waals surface area contributed by atoms with Gasteiger partial charge in [0.15, 0.2) is 9.84 Å². The third kappa shape index (κ3) is 5.61. The minimum absolute atomic E-state index is 0.188. The topological polar surface area (TPSA) is 66.4 Å². The third-order valence-electron chi connectivity index (χ3n) is 3.44. The summed E-state index contributed by atoms with van der Waals surface area (Å²) in [5.74, 6) is 0.348. The first-order chi connectivity index (χ1) is 9.34. The molecule has 0 spiro atoms. The zero-order valence-corrected chi connectivity index (χ0v) is 13.3. The smallest absolute Gasteiger partial charge is 0.175 e. The van der Waals surface area contributed by atoms with Crippen molar-refractivity contribution in [2.24, 2.45) is 5.92 Å². The van der Waals surface area contributed by atoms with E-state index in [1.54, 1.807) is 12.1 Å². The first-order valence-electron chi connectivity index (χ1n) is 6.99. The number of aliphatic hydroxyl groups excluding tert-OH is 1. The van der Waals surface area contributed by atoms with Crippen LogP contribution in [0.1, 0.15) is 38.3 Å². The molecule has 0 bridgehead atoms. The van der Waals surface area contributed by atoms with Gasteiger partial charge in [-0.15, -0.1) is 0 Å². The van der Waals surface area contributed by atoms with Crippen LogP contribution < -0.4 is 5.32 Å². The number of aliphatic hydroxyl groups is 1. The highest BCUT2D eigenvalue weighted by Crippen LogP contribution is 2.16. The van der Waals surface area contributed by atoms with E-state index in [1.165, 1.54) is 6.26 Å². The molecule has 0 radical (unpaired) electrons. The van der Waals surface area contributed by atoms with Crippen molar-refractivity contribution in [3.8, 4) is 0 Å². The average molecular weight is 299 g/mol. The van der Waals surface area contributed by atoms with Crippen LogP contribution in [0.2, 0.25) is 0 Å². The Morgan fingerprint density at radius 3 is 2.30 bits per heavy atom. The molecule has 5 heteroatoms. The van der Waals surface area contributed by atoms with Crippen LogP contribution in [-0.2, 0) is 9.84 Å². The molecule has 0 aliphatic rings. The second-order valence-corrected chi connectivity index (χ2v) is 7.46. The van der Waals surface area contributed by atoms with E-state index in [2.05, 4.69) is 12.2 Å². The molecule has 0 aliphatic carbocycles. The minimum atomic E-state index is -3.12. The normalized spacial score (nSPS) is 15.0. The molecule has 1 aromatic rings. The molecule has 0 aromatic heterocycles. The first-order valence-corrected chi connectivity index (χ1v) is 8.88. The fourth-order valence-corrected chi connectivity index (χ4v) is 2.61. The Bertz CT molecular complexity index is 496. The summed E-state index contributed by atoms with van der Waals surface area (Å²) in [5.41, 5.74) is 1.08. The first kappa shape index (κ1) is 17.1. The van der Waals surface area contributed by atoms with Gasteiger partial charge in [0.1, 0.15) is 0 Å². The predicted octanol–water partition coefficient (Wildman–Crippen LogP) is 2.15. The predicted molar refractivity (Wildman–Crippen MR) is 81.5 cm³/mol. The standard InChI is InChI=1S/C15H25NO3S/c1-12(11-17)5-4-10-16-13(2)14-6-8-15(9-7-14)20(3,18)19/h6-9,12-13,16-17H,4-5,10-11H2,1-3H3.